The highest BCUT2D eigenvalue weighted by Crippen LogP contribution is 2.39. The monoisotopic (exact) mass is 278 g/mol. The molecule has 0 saturated heterocycles. The van der Waals surface area contributed by atoms with Crippen LogP contribution in [0.25, 0.3) is 0 Å². The van der Waals surface area contributed by atoms with Gasteiger partial charge in [-0.25, -0.2) is 0 Å². The topological polar surface area (TPSA) is 68.0 Å². The second-order valence-electron chi connectivity index (χ2n) is 5.84. The van der Waals surface area contributed by atoms with E-state index in [0.717, 1.165) is 37.1 Å². The number of ether oxygens (including phenoxy) is 2. The quantitative estimate of drug-likeness (QED) is 0.825. The Balaban J connectivity index is 1.82. The van der Waals surface area contributed by atoms with Gasteiger partial charge in [-0.05, 0) is 12.8 Å². The molecule has 0 amide bonds. The molecule has 1 aromatic carbocycles. The molecule has 0 bridgehead atoms. The molecule has 3 N–H and O–H groups in total. The van der Waals surface area contributed by atoms with Crippen molar-refractivity contribution < 1.29 is 14.6 Å². The van der Waals surface area contributed by atoms with Crippen LogP contribution in [0.3, 0.4) is 0 Å². The fourth-order valence-electron chi connectivity index (χ4n) is 3.14. The Morgan fingerprint density at radius 3 is 2.45 bits per heavy atom. The fraction of sp³-hybridized carbons (Fsp3) is 0.600. The predicted molar refractivity (Wildman–Crippen MR) is 78.5 cm³/mol. The van der Waals surface area contributed by atoms with Crippen molar-refractivity contribution in [2.75, 3.05) is 37.4 Å². The summed E-state index contributed by atoms with van der Waals surface area (Å²) >= 11 is 0. The normalized spacial score (nSPS) is 19.9. The van der Waals surface area contributed by atoms with Gasteiger partial charge in [-0.2, -0.15) is 0 Å². The first kappa shape index (κ1) is 13.4. The molecule has 1 fully saturated rings. The van der Waals surface area contributed by atoms with Gasteiger partial charge in [-0.1, -0.05) is 12.8 Å². The first-order valence-electron chi connectivity index (χ1n) is 7.20. The molecule has 0 spiro atoms. The average Bonchev–Trinajstić information content (AvgIpc) is 2.84. The molecule has 20 heavy (non-hydrogen) atoms. The number of aliphatic hydroxyl groups is 1. The summed E-state index contributed by atoms with van der Waals surface area (Å²) in [6, 6.07) is 3.71. The van der Waals surface area contributed by atoms with E-state index in [2.05, 4.69) is 0 Å². The van der Waals surface area contributed by atoms with Crippen LogP contribution in [0.1, 0.15) is 25.7 Å². The van der Waals surface area contributed by atoms with Crippen LogP contribution in [0.15, 0.2) is 12.1 Å². The lowest BCUT2D eigenvalue weighted by molar-refractivity contribution is 0.0559. The van der Waals surface area contributed by atoms with E-state index in [1.165, 1.54) is 0 Å². The number of rotatable bonds is 3. The highest BCUT2D eigenvalue weighted by Gasteiger charge is 2.33. The van der Waals surface area contributed by atoms with Gasteiger partial charge >= 0.3 is 0 Å². The van der Waals surface area contributed by atoms with Crippen LogP contribution in [-0.2, 0) is 0 Å². The molecular formula is C15H22N2O3. The smallest absolute Gasteiger partial charge is 0.163 e. The number of anilines is 2. The molecule has 0 aromatic heterocycles. The summed E-state index contributed by atoms with van der Waals surface area (Å²) in [7, 11) is 1.96. The number of fused-ring (bicyclic) bond motifs is 1. The van der Waals surface area contributed by atoms with E-state index >= 15 is 0 Å². The van der Waals surface area contributed by atoms with Gasteiger partial charge in [0.05, 0.1) is 17.0 Å². The molecule has 1 heterocycles. The first-order valence-corrected chi connectivity index (χ1v) is 7.20. The van der Waals surface area contributed by atoms with E-state index in [1.54, 1.807) is 6.07 Å². The van der Waals surface area contributed by atoms with E-state index in [4.69, 9.17) is 15.2 Å². The Morgan fingerprint density at radius 2 is 1.80 bits per heavy atom. The van der Waals surface area contributed by atoms with Crippen LogP contribution in [0, 0.1) is 0 Å². The van der Waals surface area contributed by atoms with Gasteiger partial charge in [0.25, 0.3) is 0 Å². The lowest BCUT2D eigenvalue weighted by Gasteiger charge is -2.31. The number of hydrogen-bond donors (Lipinski definition) is 2. The van der Waals surface area contributed by atoms with Crippen LogP contribution >= 0.6 is 0 Å². The summed E-state index contributed by atoms with van der Waals surface area (Å²) in [5, 5.41) is 10.5. The zero-order valence-electron chi connectivity index (χ0n) is 11.9. The molecule has 3 rings (SSSR count). The molecule has 5 heteroatoms. The maximum atomic E-state index is 10.5. The van der Waals surface area contributed by atoms with Crippen molar-refractivity contribution in [2.45, 2.75) is 31.3 Å². The van der Waals surface area contributed by atoms with Crippen LogP contribution in [0.2, 0.25) is 0 Å². The Bertz CT molecular complexity index is 498. The van der Waals surface area contributed by atoms with Gasteiger partial charge in [0.2, 0.25) is 0 Å². The zero-order chi connectivity index (χ0) is 14.2. The number of nitrogens with two attached hydrogens (primary N) is 1. The lowest BCUT2D eigenvalue weighted by atomic mass is 10.0. The molecule has 1 aliphatic carbocycles. The van der Waals surface area contributed by atoms with Crippen molar-refractivity contribution in [1.82, 2.24) is 0 Å². The van der Waals surface area contributed by atoms with E-state index in [1.807, 2.05) is 18.0 Å². The van der Waals surface area contributed by atoms with Crippen LogP contribution in [0.5, 0.6) is 11.5 Å². The molecule has 0 unspecified atom stereocenters. The van der Waals surface area contributed by atoms with Crippen molar-refractivity contribution in [2.24, 2.45) is 0 Å². The third kappa shape index (κ3) is 2.50. The summed E-state index contributed by atoms with van der Waals surface area (Å²) in [6.45, 7) is 1.71. The third-order valence-corrected chi connectivity index (χ3v) is 4.17. The van der Waals surface area contributed by atoms with E-state index in [0.29, 0.717) is 31.2 Å². The zero-order valence-corrected chi connectivity index (χ0v) is 11.9. The number of benzene rings is 1. The molecule has 0 atom stereocenters. The standard InChI is InChI=1S/C15H22N2O3/c1-17(10-15(18)4-2-3-5-15)12-9-14-13(8-11(12)16)19-6-7-20-14/h8-9,18H,2-7,10,16H2,1H3. The minimum atomic E-state index is -0.589. The third-order valence-electron chi connectivity index (χ3n) is 4.17. The summed E-state index contributed by atoms with van der Waals surface area (Å²) < 4.78 is 11.1. The van der Waals surface area contributed by atoms with E-state index < -0.39 is 5.60 Å². The molecule has 1 saturated carbocycles. The van der Waals surface area contributed by atoms with Gasteiger partial charge in [-0.3, -0.25) is 0 Å². The fourth-order valence-corrected chi connectivity index (χ4v) is 3.14. The molecule has 1 aliphatic heterocycles. The van der Waals surface area contributed by atoms with Crippen molar-refractivity contribution in [3.05, 3.63) is 12.1 Å². The molecule has 5 nitrogen and oxygen atoms in total. The summed E-state index contributed by atoms with van der Waals surface area (Å²) in [6.07, 6.45) is 3.92. The summed E-state index contributed by atoms with van der Waals surface area (Å²) in [5.74, 6) is 1.43. The van der Waals surface area contributed by atoms with Gasteiger partial charge < -0.3 is 25.2 Å². The van der Waals surface area contributed by atoms with Crippen LogP contribution in [-0.4, -0.2) is 37.5 Å². The minimum absolute atomic E-state index is 0.557. The van der Waals surface area contributed by atoms with Gasteiger partial charge in [-0.15, -0.1) is 0 Å². The van der Waals surface area contributed by atoms with Crippen molar-refractivity contribution in [3.63, 3.8) is 0 Å². The Morgan fingerprint density at radius 1 is 1.20 bits per heavy atom. The lowest BCUT2D eigenvalue weighted by Crippen LogP contribution is -2.39. The average molecular weight is 278 g/mol. The number of nitrogens with zero attached hydrogens (tertiary/aromatic N) is 1. The molecule has 0 radical (unpaired) electrons. The molecule has 1 aromatic rings. The summed E-state index contributed by atoms with van der Waals surface area (Å²) in [5.41, 5.74) is 7.05. The maximum Gasteiger partial charge on any atom is 0.163 e. The van der Waals surface area contributed by atoms with Gasteiger partial charge in [0.15, 0.2) is 11.5 Å². The minimum Gasteiger partial charge on any atom is -0.486 e. The number of nitrogen functional groups attached to an aromatic ring is 1. The van der Waals surface area contributed by atoms with Crippen LogP contribution in [0.4, 0.5) is 11.4 Å². The van der Waals surface area contributed by atoms with Gasteiger partial charge in [0.1, 0.15) is 13.2 Å². The number of hydrogen-bond acceptors (Lipinski definition) is 5. The highest BCUT2D eigenvalue weighted by molar-refractivity contribution is 5.73. The van der Waals surface area contributed by atoms with Crippen molar-refractivity contribution in [1.29, 1.82) is 0 Å². The van der Waals surface area contributed by atoms with Crippen molar-refractivity contribution >= 4 is 11.4 Å². The van der Waals surface area contributed by atoms with Crippen molar-refractivity contribution in [3.8, 4) is 11.5 Å². The van der Waals surface area contributed by atoms with E-state index in [-0.39, 0.29) is 0 Å². The summed E-state index contributed by atoms with van der Waals surface area (Å²) in [4.78, 5) is 2.01. The van der Waals surface area contributed by atoms with Crippen LogP contribution < -0.4 is 20.1 Å². The Kier molecular flexibility index (Phi) is 3.38. The predicted octanol–water partition coefficient (Wildman–Crippen LogP) is 1.78. The van der Waals surface area contributed by atoms with Gasteiger partial charge in [0, 0.05) is 25.7 Å². The first-order chi connectivity index (χ1) is 9.57. The largest absolute Gasteiger partial charge is 0.486 e. The number of likely N-dealkylation sites (N-methyl/N-ethyl adjacent to an activating group) is 1. The SMILES string of the molecule is CN(CC1(O)CCCC1)c1cc2c(cc1N)OCCO2. The Labute approximate surface area is 119 Å². The molecule has 110 valence electrons. The van der Waals surface area contributed by atoms with E-state index in [9.17, 15) is 5.11 Å². The highest BCUT2D eigenvalue weighted by atomic mass is 16.6. The molecule has 2 aliphatic rings. The second-order valence-corrected chi connectivity index (χ2v) is 5.84. The molecular weight excluding hydrogens is 256 g/mol. The second kappa shape index (κ2) is 5.05. The Hall–Kier alpha value is -1.62. The maximum absolute atomic E-state index is 10.5.